The summed E-state index contributed by atoms with van der Waals surface area (Å²) >= 11 is 1.51. The predicted octanol–water partition coefficient (Wildman–Crippen LogP) is 1.79. The standard InChI is InChI=1S/C22H26N4O4S/c1-22(2)13-15-16(14-30-22)31-20-18(15)19(27)26(17-5-3-4-6-23-17)21(28)25(20)8-7-24-9-11-29-12-10-24/h3-6H,7-14H2,1-2H3. The average molecular weight is 443 g/mol. The largest absolute Gasteiger partial charge is 0.379 e. The van der Waals surface area contributed by atoms with Gasteiger partial charge in [-0.25, -0.2) is 14.3 Å². The number of rotatable bonds is 4. The van der Waals surface area contributed by atoms with Crippen molar-refractivity contribution in [3.8, 4) is 5.82 Å². The molecule has 31 heavy (non-hydrogen) atoms. The van der Waals surface area contributed by atoms with Crippen molar-refractivity contribution in [2.45, 2.75) is 39.0 Å². The summed E-state index contributed by atoms with van der Waals surface area (Å²) in [6.45, 7) is 8.87. The summed E-state index contributed by atoms with van der Waals surface area (Å²) in [5.74, 6) is 0.353. The molecule has 0 N–H and O–H groups in total. The molecule has 5 heterocycles. The minimum Gasteiger partial charge on any atom is -0.379 e. The molecular weight excluding hydrogens is 416 g/mol. The summed E-state index contributed by atoms with van der Waals surface area (Å²) in [5.41, 5.74) is 0.0173. The Morgan fingerprint density at radius 3 is 2.71 bits per heavy atom. The van der Waals surface area contributed by atoms with Crippen LogP contribution in [0.2, 0.25) is 0 Å². The van der Waals surface area contributed by atoms with Crippen molar-refractivity contribution in [3.05, 3.63) is 55.7 Å². The Bertz CT molecular complexity index is 1220. The van der Waals surface area contributed by atoms with Gasteiger partial charge in [-0.3, -0.25) is 14.3 Å². The number of morpholine rings is 1. The fourth-order valence-electron chi connectivity index (χ4n) is 4.31. The van der Waals surface area contributed by atoms with Crippen molar-refractivity contribution in [1.29, 1.82) is 0 Å². The van der Waals surface area contributed by atoms with E-state index in [1.165, 1.54) is 15.9 Å². The Labute approximate surface area is 183 Å². The van der Waals surface area contributed by atoms with Gasteiger partial charge in [0.05, 0.1) is 30.8 Å². The normalized spacial score (nSPS) is 18.9. The molecule has 0 atom stereocenters. The maximum Gasteiger partial charge on any atom is 0.338 e. The van der Waals surface area contributed by atoms with Gasteiger partial charge in [0.15, 0.2) is 0 Å². The third-order valence-corrected chi connectivity index (χ3v) is 7.20. The molecule has 0 amide bonds. The van der Waals surface area contributed by atoms with Crippen molar-refractivity contribution in [1.82, 2.24) is 19.0 Å². The van der Waals surface area contributed by atoms with Gasteiger partial charge in [0, 0.05) is 43.7 Å². The molecular formula is C22H26N4O4S. The first-order valence-corrected chi connectivity index (χ1v) is 11.4. The Hall–Kier alpha value is -2.33. The van der Waals surface area contributed by atoms with Crippen LogP contribution in [0.25, 0.3) is 16.0 Å². The van der Waals surface area contributed by atoms with E-state index in [1.807, 2.05) is 13.8 Å². The maximum atomic E-state index is 13.6. The SMILES string of the molecule is CC1(C)Cc2c(sc3c2c(=O)n(-c2ccccn2)c(=O)n3CCN2CCOCC2)CO1. The number of hydrogen-bond donors (Lipinski definition) is 0. The Kier molecular flexibility index (Phi) is 5.29. The number of ether oxygens (including phenoxy) is 2. The fourth-order valence-corrected chi connectivity index (χ4v) is 5.55. The molecule has 1 fully saturated rings. The topological polar surface area (TPSA) is 78.6 Å². The average Bonchev–Trinajstić information content (AvgIpc) is 3.13. The van der Waals surface area contributed by atoms with Crippen LogP contribution in [0.15, 0.2) is 34.0 Å². The minimum atomic E-state index is -0.349. The van der Waals surface area contributed by atoms with Crippen molar-refractivity contribution in [2.75, 3.05) is 32.8 Å². The quantitative estimate of drug-likeness (QED) is 0.613. The monoisotopic (exact) mass is 442 g/mol. The summed E-state index contributed by atoms with van der Waals surface area (Å²) in [6, 6.07) is 5.26. The van der Waals surface area contributed by atoms with Crippen molar-refractivity contribution < 1.29 is 9.47 Å². The van der Waals surface area contributed by atoms with Crippen LogP contribution in [0.3, 0.4) is 0 Å². The molecule has 0 saturated carbocycles. The van der Waals surface area contributed by atoms with E-state index in [4.69, 9.17) is 9.47 Å². The zero-order valence-corrected chi connectivity index (χ0v) is 18.6. The van der Waals surface area contributed by atoms with Crippen LogP contribution in [0.4, 0.5) is 0 Å². The number of aromatic nitrogens is 3. The fraction of sp³-hybridized carbons (Fsp3) is 0.500. The lowest BCUT2D eigenvalue weighted by molar-refractivity contribution is -0.0379. The van der Waals surface area contributed by atoms with Gasteiger partial charge in [0.25, 0.3) is 5.56 Å². The Morgan fingerprint density at radius 2 is 1.97 bits per heavy atom. The third kappa shape index (κ3) is 3.76. The van der Waals surface area contributed by atoms with E-state index in [0.29, 0.717) is 44.0 Å². The first-order valence-electron chi connectivity index (χ1n) is 10.6. The second-order valence-corrected chi connectivity index (χ2v) is 9.71. The lowest BCUT2D eigenvalue weighted by Gasteiger charge is -2.30. The van der Waals surface area contributed by atoms with Gasteiger partial charge in [-0.1, -0.05) is 6.07 Å². The van der Waals surface area contributed by atoms with Crippen molar-refractivity contribution in [3.63, 3.8) is 0 Å². The third-order valence-electron chi connectivity index (χ3n) is 5.97. The smallest absolute Gasteiger partial charge is 0.338 e. The van der Waals surface area contributed by atoms with E-state index >= 15 is 0 Å². The van der Waals surface area contributed by atoms with Crippen molar-refractivity contribution >= 4 is 21.6 Å². The maximum absolute atomic E-state index is 13.6. The van der Waals surface area contributed by atoms with E-state index in [9.17, 15) is 9.59 Å². The number of fused-ring (bicyclic) bond motifs is 3. The van der Waals surface area contributed by atoms with Crippen LogP contribution in [-0.2, 0) is 29.0 Å². The molecule has 8 nitrogen and oxygen atoms in total. The molecule has 0 spiro atoms. The molecule has 164 valence electrons. The zero-order chi connectivity index (χ0) is 21.6. The predicted molar refractivity (Wildman–Crippen MR) is 119 cm³/mol. The Balaban J connectivity index is 1.70. The van der Waals surface area contributed by atoms with E-state index in [0.717, 1.165) is 34.9 Å². The Morgan fingerprint density at radius 1 is 1.16 bits per heavy atom. The highest BCUT2D eigenvalue weighted by molar-refractivity contribution is 7.18. The highest BCUT2D eigenvalue weighted by Gasteiger charge is 2.32. The van der Waals surface area contributed by atoms with Gasteiger partial charge in [-0.2, -0.15) is 0 Å². The molecule has 0 aromatic carbocycles. The summed E-state index contributed by atoms with van der Waals surface area (Å²) in [7, 11) is 0. The van der Waals surface area contributed by atoms with Gasteiger partial charge >= 0.3 is 5.69 Å². The molecule has 3 aromatic heterocycles. The molecule has 2 aliphatic heterocycles. The van der Waals surface area contributed by atoms with Gasteiger partial charge in [0.1, 0.15) is 10.6 Å². The zero-order valence-electron chi connectivity index (χ0n) is 17.8. The van der Waals surface area contributed by atoms with Gasteiger partial charge in [-0.05, 0) is 31.5 Å². The second kappa shape index (κ2) is 7.98. The lowest BCUT2D eigenvalue weighted by atomic mass is 9.94. The van der Waals surface area contributed by atoms with Crippen LogP contribution in [0, 0.1) is 0 Å². The van der Waals surface area contributed by atoms with Crippen LogP contribution in [-0.4, -0.2) is 57.5 Å². The van der Waals surface area contributed by atoms with E-state index in [1.54, 1.807) is 29.0 Å². The van der Waals surface area contributed by atoms with E-state index < -0.39 is 0 Å². The second-order valence-electron chi connectivity index (χ2n) is 8.63. The molecule has 0 aliphatic carbocycles. The highest BCUT2D eigenvalue weighted by Crippen LogP contribution is 2.37. The molecule has 3 aromatic rings. The number of nitrogens with zero attached hydrogens (tertiary/aromatic N) is 4. The highest BCUT2D eigenvalue weighted by atomic mass is 32.1. The minimum absolute atomic E-state index is 0.295. The van der Waals surface area contributed by atoms with Crippen LogP contribution >= 0.6 is 11.3 Å². The molecule has 2 aliphatic rings. The van der Waals surface area contributed by atoms with E-state index in [2.05, 4.69) is 9.88 Å². The molecule has 1 saturated heterocycles. The summed E-state index contributed by atoms with van der Waals surface area (Å²) in [5, 5.41) is 0.628. The summed E-state index contributed by atoms with van der Waals surface area (Å²) in [6.07, 6.45) is 2.24. The van der Waals surface area contributed by atoms with Crippen LogP contribution < -0.4 is 11.2 Å². The summed E-state index contributed by atoms with van der Waals surface area (Å²) in [4.78, 5) is 35.5. The first-order chi connectivity index (χ1) is 14.9. The molecule has 0 bridgehead atoms. The number of pyridine rings is 1. The number of thiophene rings is 1. The molecule has 9 heteroatoms. The van der Waals surface area contributed by atoms with Crippen LogP contribution in [0.1, 0.15) is 24.3 Å². The number of hydrogen-bond acceptors (Lipinski definition) is 7. The van der Waals surface area contributed by atoms with Crippen LogP contribution in [0.5, 0.6) is 0 Å². The van der Waals surface area contributed by atoms with Gasteiger partial charge in [-0.15, -0.1) is 11.3 Å². The van der Waals surface area contributed by atoms with Gasteiger partial charge in [0.2, 0.25) is 0 Å². The molecule has 0 radical (unpaired) electrons. The first kappa shape index (κ1) is 20.6. The lowest BCUT2D eigenvalue weighted by Crippen LogP contribution is -2.43. The molecule has 5 rings (SSSR count). The molecule has 0 unspecified atom stereocenters. The van der Waals surface area contributed by atoms with Crippen molar-refractivity contribution in [2.24, 2.45) is 0 Å². The summed E-state index contributed by atoms with van der Waals surface area (Å²) < 4.78 is 14.4. The van der Waals surface area contributed by atoms with E-state index in [-0.39, 0.29) is 16.9 Å². The van der Waals surface area contributed by atoms with Gasteiger partial charge < -0.3 is 9.47 Å².